The van der Waals surface area contributed by atoms with Gasteiger partial charge in [0.2, 0.25) is 5.91 Å². The third-order valence-corrected chi connectivity index (χ3v) is 3.82. The number of carbonyl (C=O) groups is 2. The van der Waals surface area contributed by atoms with E-state index in [4.69, 9.17) is 4.74 Å². The summed E-state index contributed by atoms with van der Waals surface area (Å²) < 4.78 is 9.81. The average molecular weight is 362 g/mol. The van der Waals surface area contributed by atoms with Crippen LogP contribution in [0.25, 0.3) is 0 Å². The van der Waals surface area contributed by atoms with Gasteiger partial charge in [-0.1, -0.05) is 0 Å². The quantitative estimate of drug-likeness (QED) is 0.630. The van der Waals surface area contributed by atoms with Crippen molar-refractivity contribution >= 4 is 40.4 Å². The Morgan fingerprint density at radius 3 is 2.68 bits per heavy atom. The fraction of sp³-hybridized carbons (Fsp3) is 0.250. The predicted octanol–water partition coefficient (Wildman–Crippen LogP) is 2.92. The second-order valence-electron chi connectivity index (χ2n) is 4.70. The molecule has 0 unspecified atom stereocenters. The zero-order valence-electron chi connectivity index (χ0n) is 14.1. The summed E-state index contributed by atoms with van der Waals surface area (Å²) in [6, 6.07) is 7.09. The molecule has 0 aliphatic rings. The minimum absolute atomic E-state index is 0.173. The summed E-state index contributed by atoms with van der Waals surface area (Å²) in [5.41, 5.74) is 3.40. The molecule has 0 aliphatic carbocycles. The first kappa shape index (κ1) is 18.4. The number of nitrogens with zero attached hydrogens (tertiary/aromatic N) is 3. The highest BCUT2D eigenvalue weighted by atomic mass is 32.1. The van der Waals surface area contributed by atoms with Gasteiger partial charge in [-0.25, -0.2) is 15.2 Å². The number of carbonyl (C=O) groups excluding carboxylic acids is 2. The third kappa shape index (κ3) is 5.01. The van der Waals surface area contributed by atoms with Crippen LogP contribution in [0.2, 0.25) is 0 Å². The van der Waals surface area contributed by atoms with E-state index in [1.165, 1.54) is 29.4 Å². The van der Waals surface area contributed by atoms with Crippen LogP contribution in [0, 0.1) is 0 Å². The Labute approximate surface area is 149 Å². The number of anilines is 2. The standard InChI is InChI=1S/C16H18N4O4S/c1-4-24-16(22)19-17-9-12-10-25-15(18-12)20(11(2)21)13-5-7-14(23-3)8-6-13/h5-10H,4H2,1-3H3,(H,19,22)/b17-9-. The van der Waals surface area contributed by atoms with E-state index >= 15 is 0 Å². The van der Waals surface area contributed by atoms with Crippen molar-refractivity contribution in [2.45, 2.75) is 13.8 Å². The van der Waals surface area contributed by atoms with E-state index in [1.54, 1.807) is 43.7 Å². The number of hydrogen-bond donors (Lipinski definition) is 1. The molecule has 8 nitrogen and oxygen atoms in total. The summed E-state index contributed by atoms with van der Waals surface area (Å²) in [7, 11) is 1.58. The minimum Gasteiger partial charge on any atom is -0.497 e. The Morgan fingerprint density at radius 2 is 2.08 bits per heavy atom. The van der Waals surface area contributed by atoms with Crippen LogP contribution in [-0.4, -0.2) is 36.9 Å². The van der Waals surface area contributed by atoms with Crippen molar-refractivity contribution in [1.82, 2.24) is 10.4 Å². The van der Waals surface area contributed by atoms with E-state index in [9.17, 15) is 9.59 Å². The lowest BCUT2D eigenvalue weighted by Gasteiger charge is -2.18. The van der Waals surface area contributed by atoms with Gasteiger partial charge >= 0.3 is 6.09 Å². The number of rotatable bonds is 6. The largest absolute Gasteiger partial charge is 0.497 e. The lowest BCUT2D eigenvalue weighted by Crippen LogP contribution is -2.22. The lowest BCUT2D eigenvalue weighted by atomic mass is 10.3. The van der Waals surface area contributed by atoms with Crippen molar-refractivity contribution < 1.29 is 19.1 Å². The van der Waals surface area contributed by atoms with Crippen molar-refractivity contribution in [3.05, 3.63) is 35.3 Å². The molecule has 1 aromatic carbocycles. The average Bonchev–Trinajstić information content (AvgIpc) is 3.04. The molecule has 132 valence electrons. The van der Waals surface area contributed by atoms with Crippen LogP contribution in [0.5, 0.6) is 5.75 Å². The highest BCUT2D eigenvalue weighted by Gasteiger charge is 2.17. The van der Waals surface area contributed by atoms with E-state index in [0.717, 1.165) is 0 Å². The van der Waals surface area contributed by atoms with E-state index in [-0.39, 0.29) is 12.5 Å². The predicted molar refractivity (Wildman–Crippen MR) is 95.7 cm³/mol. The zero-order chi connectivity index (χ0) is 18.2. The van der Waals surface area contributed by atoms with Gasteiger partial charge in [-0.05, 0) is 31.2 Å². The van der Waals surface area contributed by atoms with Crippen LogP contribution >= 0.6 is 11.3 Å². The normalized spacial score (nSPS) is 10.5. The number of thiazole rings is 1. The molecule has 9 heteroatoms. The SMILES string of the molecule is CCOC(=O)N/N=C\c1csc(N(C(C)=O)c2ccc(OC)cc2)n1. The molecule has 2 rings (SSSR count). The van der Waals surface area contributed by atoms with E-state index < -0.39 is 6.09 Å². The number of aromatic nitrogens is 1. The van der Waals surface area contributed by atoms with Crippen LogP contribution in [0.4, 0.5) is 15.6 Å². The fourth-order valence-electron chi connectivity index (χ4n) is 1.91. The van der Waals surface area contributed by atoms with Crippen LogP contribution in [0.3, 0.4) is 0 Å². The first-order chi connectivity index (χ1) is 12.0. The molecular formula is C16H18N4O4S. The molecule has 0 saturated carbocycles. The molecule has 0 aliphatic heterocycles. The van der Waals surface area contributed by atoms with E-state index in [0.29, 0.717) is 22.3 Å². The number of benzene rings is 1. The van der Waals surface area contributed by atoms with Crippen LogP contribution in [0.1, 0.15) is 19.5 Å². The second kappa shape index (κ2) is 8.78. The highest BCUT2D eigenvalue weighted by molar-refractivity contribution is 7.14. The first-order valence-corrected chi connectivity index (χ1v) is 8.29. The summed E-state index contributed by atoms with van der Waals surface area (Å²) in [5.74, 6) is 0.525. The zero-order valence-corrected chi connectivity index (χ0v) is 14.9. The highest BCUT2D eigenvalue weighted by Crippen LogP contribution is 2.29. The smallest absolute Gasteiger partial charge is 0.427 e. The van der Waals surface area contributed by atoms with Gasteiger partial charge in [0.1, 0.15) is 5.75 Å². The van der Waals surface area contributed by atoms with Crippen molar-refractivity contribution in [3.8, 4) is 5.75 Å². The number of hydrazone groups is 1. The topological polar surface area (TPSA) is 93.1 Å². The van der Waals surface area contributed by atoms with Crippen LogP contribution in [0.15, 0.2) is 34.7 Å². The van der Waals surface area contributed by atoms with Crippen molar-refractivity contribution in [2.75, 3.05) is 18.6 Å². The summed E-state index contributed by atoms with van der Waals surface area (Å²) in [5, 5.41) is 5.97. The van der Waals surface area contributed by atoms with Gasteiger partial charge in [-0.3, -0.25) is 9.69 Å². The molecule has 0 fully saturated rings. The molecule has 0 saturated heterocycles. The summed E-state index contributed by atoms with van der Waals surface area (Å²) >= 11 is 1.29. The molecule has 1 heterocycles. The van der Waals surface area contributed by atoms with Gasteiger partial charge in [0, 0.05) is 12.3 Å². The Bertz CT molecular complexity index is 758. The Morgan fingerprint density at radius 1 is 1.36 bits per heavy atom. The van der Waals surface area contributed by atoms with Gasteiger partial charge in [0.25, 0.3) is 0 Å². The maximum Gasteiger partial charge on any atom is 0.427 e. The molecule has 1 aromatic heterocycles. The van der Waals surface area contributed by atoms with E-state index in [1.807, 2.05) is 0 Å². The maximum absolute atomic E-state index is 12.0. The molecule has 0 atom stereocenters. The van der Waals surface area contributed by atoms with Gasteiger partial charge in [-0.2, -0.15) is 5.10 Å². The monoisotopic (exact) mass is 362 g/mol. The number of hydrogen-bond acceptors (Lipinski definition) is 7. The lowest BCUT2D eigenvalue weighted by molar-refractivity contribution is -0.115. The Kier molecular flexibility index (Phi) is 6.47. The Balaban J connectivity index is 2.14. The number of amides is 2. The molecule has 1 N–H and O–H groups in total. The first-order valence-electron chi connectivity index (χ1n) is 7.41. The molecular weight excluding hydrogens is 344 g/mol. The fourth-order valence-corrected chi connectivity index (χ4v) is 2.75. The number of methoxy groups -OCH3 is 1. The van der Waals surface area contributed by atoms with Gasteiger partial charge in [0.05, 0.1) is 31.3 Å². The molecule has 0 radical (unpaired) electrons. The van der Waals surface area contributed by atoms with Crippen molar-refractivity contribution in [3.63, 3.8) is 0 Å². The summed E-state index contributed by atoms with van der Waals surface area (Å²) in [6.45, 7) is 3.42. The minimum atomic E-state index is -0.641. The number of nitrogens with one attached hydrogen (secondary N) is 1. The maximum atomic E-state index is 12.0. The van der Waals surface area contributed by atoms with Crippen LogP contribution in [-0.2, 0) is 9.53 Å². The van der Waals surface area contributed by atoms with E-state index in [2.05, 4.69) is 20.2 Å². The van der Waals surface area contributed by atoms with Gasteiger partial charge in [-0.15, -0.1) is 11.3 Å². The molecule has 0 bridgehead atoms. The summed E-state index contributed by atoms with van der Waals surface area (Å²) in [4.78, 5) is 29.0. The van der Waals surface area contributed by atoms with Crippen molar-refractivity contribution in [1.29, 1.82) is 0 Å². The summed E-state index contributed by atoms with van der Waals surface area (Å²) in [6.07, 6.45) is 0.737. The number of ether oxygens (including phenoxy) is 2. The second-order valence-corrected chi connectivity index (χ2v) is 5.53. The molecule has 2 amide bonds. The Hall–Kier alpha value is -2.94. The van der Waals surface area contributed by atoms with Gasteiger partial charge in [0.15, 0.2) is 5.13 Å². The molecule has 2 aromatic rings. The third-order valence-electron chi connectivity index (χ3n) is 2.97. The van der Waals surface area contributed by atoms with Gasteiger partial charge < -0.3 is 9.47 Å². The molecule has 0 spiro atoms. The molecule has 25 heavy (non-hydrogen) atoms. The van der Waals surface area contributed by atoms with Crippen molar-refractivity contribution in [2.24, 2.45) is 5.10 Å². The van der Waals surface area contributed by atoms with Crippen LogP contribution < -0.4 is 15.1 Å².